The Hall–Kier alpha value is -4.05. The van der Waals surface area contributed by atoms with Crippen LogP contribution < -0.4 is 16.0 Å². The molecule has 10 nitrogen and oxygen atoms in total. The Balaban J connectivity index is 1.78. The lowest BCUT2D eigenvalue weighted by atomic mass is 10.1. The molecule has 38 heavy (non-hydrogen) atoms. The van der Waals surface area contributed by atoms with E-state index in [2.05, 4.69) is 10.1 Å². The SMILES string of the molecule is COCCn1cc2cncc(-n3c(=O)c4sc(-c5cc(OC)c(F)cc5Cl)cc4n(CCC#N)c3=O)c2n1. The number of hydrogen-bond donors (Lipinski definition) is 0. The van der Waals surface area contributed by atoms with E-state index in [0.29, 0.717) is 40.0 Å². The number of nitriles is 1. The number of aromatic nitrogens is 5. The molecule has 4 heterocycles. The first kappa shape index (κ1) is 25.6. The van der Waals surface area contributed by atoms with E-state index in [9.17, 15) is 19.2 Å². The second-order valence-electron chi connectivity index (χ2n) is 8.26. The highest BCUT2D eigenvalue weighted by atomic mass is 35.5. The van der Waals surface area contributed by atoms with Crippen LogP contribution in [0.15, 0.2) is 46.4 Å². The molecular weight excluding hydrogens is 535 g/mol. The summed E-state index contributed by atoms with van der Waals surface area (Å²) in [5.74, 6) is -0.635. The van der Waals surface area contributed by atoms with Crippen molar-refractivity contribution in [2.45, 2.75) is 19.5 Å². The minimum Gasteiger partial charge on any atom is -0.494 e. The van der Waals surface area contributed by atoms with E-state index in [-0.39, 0.29) is 34.1 Å². The molecule has 1 aromatic carbocycles. The number of fused-ring (bicyclic) bond motifs is 2. The predicted molar refractivity (Wildman–Crippen MR) is 142 cm³/mol. The maximum Gasteiger partial charge on any atom is 0.336 e. The molecule has 0 atom stereocenters. The van der Waals surface area contributed by atoms with Crippen LogP contribution in [-0.2, 0) is 17.8 Å². The van der Waals surface area contributed by atoms with E-state index >= 15 is 0 Å². The molecule has 0 aliphatic heterocycles. The number of ether oxygens (including phenoxy) is 2. The van der Waals surface area contributed by atoms with Crippen molar-refractivity contribution >= 4 is 44.1 Å². The summed E-state index contributed by atoms with van der Waals surface area (Å²) >= 11 is 7.44. The normalized spacial score (nSPS) is 11.3. The van der Waals surface area contributed by atoms with Crippen LogP contribution in [0.3, 0.4) is 0 Å². The van der Waals surface area contributed by atoms with E-state index in [1.807, 2.05) is 6.07 Å². The highest BCUT2D eigenvalue weighted by Crippen LogP contribution is 2.39. The minimum absolute atomic E-state index is 0.0112. The fourth-order valence-electron chi connectivity index (χ4n) is 4.19. The molecular formula is C25H20ClFN6O4S. The van der Waals surface area contributed by atoms with Gasteiger partial charge >= 0.3 is 5.69 Å². The van der Waals surface area contributed by atoms with Gasteiger partial charge in [0, 0.05) is 41.9 Å². The van der Waals surface area contributed by atoms with Gasteiger partial charge in [0.2, 0.25) is 0 Å². The Morgan fingerprint density at radius 3 is 2.74 bits per heavy atom. The van der Waals surface area contributed by atoms with Crippen molar-refractivity contribution in [3.8, 4) is 27.9 Å². The first-order valence-corrected chi connectivity index (χ1v) is 12.6. The largest absolute Gasteiger partial charge is 0.494 e. The third-order valence-electron chi connectivity index (χ3n) is 5.99. The summed E-state index contributed by atoms with van der Waals surface area (Å²) in [6, 6.07) is 6.25. The summed E-state index contributed by atoms with van der Waals surface area (Å²) in [6.07, 6.45) is 4.81. The van der Waals surface area contributed by atoms with Crippen molar-refractivity contribution in [2.75, 3.05) is 20.8 Å². The monoisotopic (exact) mass is 554 g/mol. The zero-order valence-electron chi connectivity index (χ0n) is 20.3. The van der Waals surface area contributed by atoms with Gasteiger partial charge in [-0.15, -0.1) is 11.3 Å². The molecule has 0 unspecified atom stereocenters. The van der Waals surface area contributed by atoms with Gasteiger partial charge in [-0.2, -0.15) is 10.4 Å². The summed E-state index contributed by atoms with van der Waals surface area (Å²) in [6.45, 7) is 0.952. The number of methoxy groups -OCH3 is 2. The van der Waals surface area contributed by atoms with Gasteiger partial charge in [0.25, 0.3) is 5.56 Å². The molecule has 0 aliphatic rings. The number of nitrogens with zero attached hydrogens (tertiary/aromatic N) is 6. The number of rotatable bonds is 8. The summed E-state index contributed by atoms with van der Waals surface area (Å²) < 4.78 is 28.7. The number of hydrogen-bond acceptors (Lipinski definition) is 8. The summed E-state index contributed by atoms with van der Waals surface area (Å²) in [7, 11) is 2.92. The van der Waals surface area contributed by atoms with Crippen LogP contribution in [0.1, 0.15) is 6.42 Å². The number of halogens is 2. The molecule has 0 amide bonds. The fourth-order valence-corrected chi connectivity index (χ4v) is 5.62. The molecule has 0 spiro atoms. The van der Waals surface area contributed by atoms with Crippen molar-refractivity contribution < 1.29 is 13.9 Å². The van der Waals surface area contributed by atoms with Gasteiger partial charge in [-0.1, -0.05) is 11.6 Å². The van der Waals surface area contributed by atoms with E-state index in [1.54, 1.807) is 30.3 Å². The van der Waals surface area contributed by atoms with E-state index in [4.69, 9.17) is 21.1 Å². The maximum atomic E-state index is 14.2. The van der Waals surface area contributed by atoms with E-state index in [0.717, 1.165) is 22.0 Å². The van der Waals surface area contributed by atoms with Gasteiger partial charge in [-0.05, 0) is 18.2 Å². The zero-order chi connectivity index (χ0) is 27.0. The van der Waals surface area contributed by atoms with E-state index in [1.165, 1.54) is 23.9 Å². The number of pyridine rings is 1. The standard InChI is InChI=1S/C25H20ClFN6O4S/c1-36-7-6-31-13-14-11-29-12-19(22(14)30-31)33-24(34)23-18(32(25(33)35)5-3-4-28)10-21(38-23)15-8-20(37-2)17(27)9-16(15)26/h8-13H,3,5-7H2,1-2H3. The Morgan fingerprint density at radius 1 is 1.18 bits per heavy atom. The van der Waals surface area contributed by atoms with Crippen molar-refractivity contribution in [3.05, 3.63) is 68.5 Å². The molecule has 0 radical (unpaired) electrons. The second kappa shape index (κ2) is 10.4. The van der Waals surface area contributed by atoms with Crippen molar-refractivity contribution in [2.24, 2.45) is 0 Å². The summed E-state index contributed by atoms with van der Waals surface area (Å²) in [5, 5.41) is 14.5. The van der Waals surface area contributed by atoms with Crippen LogP contribution in [0.4, 0.5) is 4.39 Å². The fraction of sp³-hybridized carbons (Fsp3) is 0.240. The molecule has 5 rings (SSSR count). The summed E-state index contributed by atoms with van der Waals surface area (Å²) in [4.78, 5) is 32.3. The minimum atomic E-state index is -0.634. The smallest absolute Gasteiger partial charge is 0.336 e. The molecule has 5 aromatic rings. The van der Waals surface area contributed by atoms with Crippen LogP contribution in [0, 0.1) is 17.1 Å². The van der Waals surface area contributed by atoms with Crippen LogP contribution in [0.2, 0.25) is 5.02 Å². The van der Waals surface area contributed by atoms with Gasteiger partial charge in [-0.25, -0.2) is 13.8 Å². The highest BCUT2D eigenvalue weighted by molar-refractivity contribution is 7.22. The van der Waals surface area contributed by atoms with Crippen LogP contribution >= 0.6 is 22.9 Å². The Morgan fingerprint density at radius 2 is 2.00 bits per heavy atom. The lowest BCUT2D eigenvalue weighted by Crippen LogP contribution is -2.38. The highest BCUT2D eigenvalue weighted by Gasteiger charge is 2.22. The first-order chi connectivity index (χ1) is 18.4. The lowest BCUT2D eigenvalue weighted by molar-refractivity contribution is 0.184. The Kier molecular flexibility index (Phi) is 6.98. The van der Waals surface area contributed by atoms with Crippen molar-refractivity contribution in [1.29, 1.82) is 5.26 Å². The van der Waals surface area contributed by atoms with Crippen molar-refractivity contribution in [3.63, 3.8) is 0 Å². The second-order valence-corrected chi connectivity index (χ2v) is 9.72. The first-order valence-electron chi connectivity index (χ1n) is 11.4. The zero-order valence-corrected chi connectivity index (χ0v) is 21.8. The quantitative estimate of drug-likeness (QED) is 0.285. The average Bonchev–Trinajstić information content (AvgIpc) is 3.53. The van der Waals surface area contributed by atoms with Crippen LogP contribution in [0.25, 0.3) is 37.2 Å². The molecule has 0 aliphatic carbocycles. The molecule has 0 saturated heterocycles. The van der Waals surface area contributed by atoms with Crippen LogP contribution in [0.5, 0.6) is 5.75 Å². The van der Waals surface area contributed by atoms with Gasteiger partial charge in [-0.3, -0.25) is 19.0 Å². The summed E-state index contributed by atoms with van der Waals surface area (Å²) in [5.41, 5.74) is 0.224. The molecule has 13 heteroatoms. The molecule has 4 aromatic heterocycles. The molecule has 0 bridgehead atoms. The Bertz CT molecular complexity index is 1850. The number of benzene rings is 1. The lowest BCUT2D eigenvalue weighted by Gasteiger charge is -2.11. The topological polar surface area (TPSA) is 117 Å². The molecule has 0 saturated carbocycles. The van der Waals surface area contributed by atoms with Gasteiger partial charge in [0.05, 0.1) is 49.5 Å². The third kappa shape index (κ3) is 4.34. The maximum absolute atomic E-state index is 14.2. The van der Waals surface area contributed by atoms with Crippen LogP contribution in [-0.4, -0.2) is 44.7 Å². The molecule has 194 valence electrons. The van der Waals surface area contributed by atoms with Gasteiger partial charge in [0.15, 0.2) is 11.6 Å². The number of thiophene rings is 1. The van der Waals surface area contributed by atoms with E-state index < -0.39 is 17.1 Å². The average molecular weight is 555 g/mol. The molecule has 0 N–H and O–H groups in total. The Labute approximate surface area is 223 Å². The molecule has 0 fully saturated rings. The van der Waals surface area contributed by atoms with Crippen molar-refractivity contribution in [1.82, 2.24) is 23.9 Å². The number of aryl methyl sites for hydroxylation is 1. The third-order valence-corrected chi connectivity index (χ3v) is 7.44. The van der Waals surface area contributed by atoms with Gasteiger partial charge in [0.1, 0.15) is 15.9 Å². The van der Waals surface area contributed by atoms with Gasteiger partial charge < -0.3 is 9.47 Å². The predicted octanol–water partition coefficient (Wildman–Crippen LogP) is 3.99.